The van der Waals surface area contributed by atoms with Crippen LogP contribution in [-0.2, 0) is 11.2 Å². The van der Waals surface area contributed by atoms with E-state index in [4.69, 9.17) is 10.1 Å². The summed E-state index contributed by atoms with van der Waals surface area (Å²) in [6.07, 6.45) is 2.49. The van der Waals surface area contributed by atoms with Gasteiger partial charge >= 0.3 is 5.97 Å². The Morgan fingerprint density at radius 3 is 2.73 bits per heavy atom. The molecule has 0 spiro atoms. The van der Waals surface area contributed by atoms with E-state index >= 15 is 0 Å². The Hall–Kier alpha value is -2.62. The zero-order valence-electron chi connectivity index (χ0n) is 12.7. The van der Waals surface area contributed by atoms with Gasteiger partial charge in [0.25, 0.3) is 0 Å². The van der Waals surface area contributed by atoms with Gasteiger partial charge in [0.15, 0.2) is 0 Å². The molecular weight excluding hydrogens is 276 g/mol. The number of imidazole rings is 1. The number of aryl methyl sites for hydroxylation is 3. The van der Waals surface area contributed by atoms with E-state index in [9.17, 15) is 4.79 Å². The molecule has 0 aliphatic rings. The van der Waals surface area contributed by atoms with Crippen molar-refractivity contribution in [1.82, 2.24) is 9.38 Å². The van der Waals surface area contributed by atoms with Crippen LogP contribution >= 0.6 is 0 Å². The summed E-state index contributed by atoms with van der Waals surface area (Å²) in [7, 11) is 0. The lowest BCUT2D eigenvalue weighted by atomic mass is 10.0. The van der Waals surface area contributed by atoms with Crippen molar-refractivity contribution in [3.8, 4) is 11.3 Å². The largest absolute Gasteiger partial charge is 0.481 e. The van der Waals surface area contributed by atoms with Crippen LogP contribution in [0.1, 0.15) is 23.2 Å². The van der Waals surface area contributed by atoms with Crippen molar-refractivity contribution in [2.24, 2.45) is 0 Å². The summed E-state index contributed by atoms with van der Waals surface area (Å²) in [4.78, 5) is 15.6. The second kappa shape index (κ2) is 5.64. The number of rotatable bonds is 4. The lowest BCUT2D eigenvalue weighted by Gasteiger charge is -2.06. The Labute approximate surface area is 129 Å². The first-order chi connectivity index (χ1) is 10.6. The summed E-state index contributed by atoms with van der Waals surface area (Å²) in [5.74, 6) is -0.795. The van der Waals surface area contributed by atoms with E-state index in [-0.39, 0.29) is 6.42 Å². The molecule has 4 nitrogen and oxygen atoms in total. The van der Waals surface area contributed by atoms with Crippen LogP contribution in [-0.4, -0.2) is 20.5 Å². The molecule has 0 amide bonds. The molecule has 0 saturated carbocycles. The van der Waals surface area contributed by atoms with E-state index in [1.165, 1.54) is 11.1 Å². The molecule has 4 heteroatoms. The molecule has 2 heterocycles. The molecule has 1 N–H and O–H groups in total. The van der Waals surface area contributed by atoms with Gasteiger partial charge in [-0.15, -0.1) is 0 Å². The zero-order chi connectivity index (χ0) is 15.7. The topological polar surface area (TPSA) is 54.6 Å². The second-order valence-corrected chi connectivity index (χ2v) is 5.53. The number of carbonyl (C=O) groups is 1. The molecule has 0 radical (unpaired) electrons. The number of aromatic nitrogens is 2. The maximum absolute atomic E-state index is 10.9. The molecule has 2 aromatic heterocycles. The third kappa shape index (κ3) is 2.60. The van der Waals surface area contributed by atoms with Crippen LogP contribution < -0.4 is 0 Å². The van der Waals surface area contributed by atoms with Gasteiger partial charge in [0, 0.05) is 18.2 Å². The van der Waals surface area contributed by atoms with Gasteiger partial charge in [0.2, 0.25) is 0 Å². The molecule has 0 fully saturated rings. The van der Waals surface area contributed by atoms with Crippen molar-refractivity contribution in [2.45, 2.75) is 26.7 Å². The van der Waals surface area contributed by atoms with Gasteiger partial charge in [0.05, 0.1) is 17.8 Å². The van der Waals surface area contributed by atoms with Gasteiger partial charge in [-0.2, -0.15) is 0 Å². The number of benzene rings is 1. The summed E-state index contributed by atoms with van der Waals surface area (Å²) in [5, 5.41) is 9.00. The molecule has 0 atom stereocenters. The molecule has 3 aromatic rings. The highest BCUT2D eigenvalue weighted by atomic mass is 16.4. The Bertz CT molecular complexity index is 849. The number of fused-ring (bicyclic) bond motifs is 1. The minimum Gasteiger partial charge on any atom is -0.481 e. The number of aliphatic carboxylic acids is 1. The Morgan fingerprint density at radius 1 is 1.18 bits per heavy atom. The molecule has 112 valence electrons. The van der Waals surface area contributed by atoms with E-state index in [2.05, 4.69) is 26.0 Å². The molecule has 1 aromatic carbocycles. The van der Waals surface area contributed by atoms with Gasteiger partial charge in [-0.25, -0.2) is 4.98 Å². The van der Waals surface area contributed by atoms with E-state index in [1.807, 2.05) is 34.9 Å². The number of carboxylic acids is 1. The molecule has 0 bridgehead atoms. The molecular formula is C18H18N2O2. The highest BCUT2D eigenvalue weighted by Gasteiger charge is 2.15. The SMILES string of the molecule is Cc1ccc(-c2nc3ccccn3c2CCC(=O)O)cc1C. The van der Waals surface area contributed by atoms with Gasteiger partial charge in [-0.05, 0) is 43.2 Å². The number of hydrogen-bond donors (Lipinski definition) is 1. The second-order valence-electron chi connectivity index (χ2n) is 5.53. The van der Waals surface area contributed by atoms with Crippen LogP contribution in [0.15, 0.2) is 42.6 Å². The zero-order valence-corrected chi connectivity index (χ0v) is 12.7. The first-order valence-electron chi connectivity index (χ1n) is 7.31. The number of carboxylic acid groups (broad SMARTS) is 1. The minimum atomic E-state index is -0.795. The van der Waals surface area contributed by atoms with Crippen molar-refractivity contribution in [1.29, 1.82) is 0 Å². The molecule has 22 heavy (non-hydrogen) atoms. The fraction of sp³-hybridized carbons (Fsp3) is 0.222. The van der Waals surface area contributed by atoms with Crippen molar-refractivity contribution >= 4 is 11.6 Å². The van der Waals surface area contributed by atoms with Crippen molar-refractivity contribution < 1.29 is 9.90 Å². The predicted molar refractivity (Wildman–Crippen MR) is 86.1 cm³/mol. The number of pyridine rings is 1. The lowest BCUT2D eigenvalue weighted by molar-refractivity contribution is -0.136. The van der Waals surface area contributed by atoms with Crippen molar-refractivity contribution in [2.75, 3.05) is 0 Å². The van der Waals surface area contributed by atoms with Crippen LogP contribution in [0.2, 0.25) is 0 Å². The van der Waals surface area contributed by atoms with Crippen LogP contribution in [0, 0.1) is 13.8 Å². The Balaban J connectivity index is 2.16. The van der Waals surface area contributed by atoms with Crippen LogP contribution in [0.4, 0.5) is 0 Å². The Morgan fingerprint density at radius 2 is 2.00 bits per heavy atom. The van der Waals surface area contributed by atoms with Crippen LogP contribution in [0.5, 0.6) is 0 Å². The standard InChI is InChI=1S/C18H18N2O2/c1-12-6-7-14(11-13(12)2)18-15(8-9-17(21)22)20-10-4-3-5-16(20)19-18/h3-7,10-11H,8-9H2,1-2H3,(H,21,22). The first-order valence-corrected chi connectivity index (χ1v) is 7.31. The van der Waals surface area contributed by atoms with E-state index in [0.29, 0.717) is 6.42 Å². The highest BCUT2D eigenvalue weighted by molar-refractivity contribution is 5.70. The van der Waals surface area contributed by atoms with Crippen molar-refractivity contribution in [3.63, 3.8) is 0 Å². The summed E-state index contributed by atoms with van der Waals surface area (Å²) < 4.78 is 1.98. The van der Waals surface area contributed by atoms with E-state index < -0.39 is 5.97 Å². The summed E-state index contributed by atoms with van der Waals surface area (Å²) in [6, 6.07) is 12.1. The van der Waals surface area contributed by atoms with Gasteiger partial charge < -0.3 is 9.51 Å². The minimum absolute atomic E-state index is 0.0977. The smallest absolute Gasteiger partial charge is 0.303 e. The summed E-state index contributed by atoms with van der Waals surface area (Å²) >= 11 is 0. The third-order valence-corrected chi connectivity index (χ3v) is 3.98. The number of nitrogens with zero attached hydrogens (tertiary/aromatic N) is 2. The quantitative estimate of drug-likeness (QED) is 0.799. The third-order valence-electron chi connectivity index (χ3n) is 3.98. The Kier molecular flexibility index (Phi) is 3.67. The number of hydrogen-bond acceptors (Lipinski definition) is 2. The van der Waals surface area contributed by atoms with Gasteiger partial charge in [0.1, 0.15) is 5.65 Å². The van der Waals surface area contributed by atoms with Crippen molar-refractivity contribution in [3.05, 3.63) is 59.4 Å². The monoisotopic (exact) mass is 294 g/mol. The normalized spacial score (nSPS) is 11.0. The first kappa shape index (κ1) is 14.3. The average Bonchev–Trinajstić information content (AvgIpc) is 2.86. The molecule has 0 aliphatic heterocycles. The summed E-state index contributed by atoms with van der Waals surface area (Å²) in [5.41, 5.74) is 6.14. The van der Waals surface area contributed by atoms with Crippen LogP contribution in [0.25, 0.3) is 16.9 Å². The molecule has 0 aliphatic carbocycles. The molecule has 0 saturated heterocycles. The maximum atomic E-state index is 10.9. The maximum Gasteiger partial charge on any atom is 0.303 e. The predicted octanol–water partition coefficient (Wildman–Crippen LogP) is 3.64. The van der Waals surface area contributed by atoms with Crippen LogP contribution in [0.3, 0.4) is 0 Å². The lowest BCUT2D eigenvalue weighted by Crippen LogP contribution is -2.01. The summed E-state index contributed by atoms with van der Waals surface area (Å²) in [6.45, 7) is 4.15. The fourth-order valence-electron chi connectivity index (χ4n) is 2.63. The van der Waals surface area contributed by atoms with E-state index in [1.54, 1.807) is 0 Å². The van der Waals surface area contributed by atoms with Gasteiger partial charge in [-0.3, -0.25) is 4.79 Å². The van der Waals surface area contributed by atoms with Gasteiger partial charge in [-0.1, -0.05) is 18.2 Å². The highest BCUT2D eigenvalue weighted by Crippen LogP contribution is 2.27. The fourth-order valence-corrected chi connectivity index (χ4v) is 2.63. The van der Waals surface area contributed by atoms with E-state index in [0.717, 1.165) is 22.6 Å². The average molecular weight is 294 g/mol. The molecule has 3 rings (SSSR count). The molecule has 0 unspecified atom stereocenters.